The Kier molecular flexibility index (Phi) is 9.24. The maximum Gasteiger partial charge on any atom is 0.272 e. The molecule has 13 nitrogen and oxygen atoms in total. The van der Waals surface area contributed by atoms with E-state index < -0.39 is 11.1 Å². The van der Waals surface area contributed by atoms with Gasteiger partial charge in [-0.3, -0.25) is 24.0 Å². The molecule has 1 aliphatic heterocycles. The quantitative estimate of drug-likeness (QED) is 0.256. The summed E-state index contributed by atoms with van der Waals surface area (Å²) in [7, 11) is 8.93. The summed E-state index contributed by atoms with van der Waals surface area (Å²) >= 11 is 0. The molecule has 3 aromatic rings. The Bertz CT molecular complexity index is 1600. The van der Waals surface area contributed by atoms with E-state index in [2.05, 4.69) is 50.0 Å². The van der Waals surface area contributed by atoms with Gasteiger partial charge in [0.1, 0.15) is 29.2 Å². The van der Waals surface area contributed by atoms with Gasteiger partial charge < -0.3 is 25.6 Å². The van der Waals surface area contributed by atoms with Crippen LogP contribution in [0.3, 0.4) is 0 Å². The van der Waals surface area contributed by atoms with Crippen LogP contribution >= 0.6 is 0 Å². The summed E-state index contributed by atoms with van der Waals surface area (Å²) in [5, 5.41) is 21.4. The molecule has 0 spiro atoms. The number of aryl methyl sites for hydroxylation is 1. The molecule has 3 heterocycles. The number of para-hydroxylation sites is 1. The number of carbonyl (C=O) groups is 3. The predicted molar refractivity (Wildman–Crippen MR) is 180 cm³/mol. The SMILES string of the molecule is BC(B)(B)NC(=O)c1nnc(NC(=O)C2CC2)cc1Nc1cccc(-c2cc(C(=O)N3CCN(C(C)C)CC3)n(C)n2)c1OC. The lowest BCUT2D eigenvalue weighted by Gasteiger charge is -2.36. The van der Waals surface area contributed by atoms with Crippen LogP contribution in [0.15, 0.2) is 30.3 Å². The molecular weight excluding hydrogens is 571 g/mol. The van der Waals surface area contributed by atoms with E-state index in [1.807, 2.05) is 40.6 Å². The van der Waals surface area contributed by atoms with Gasteiger partial charge in [0.25, 0.3) is 11.8 Å². The summed E-state index contributed by atoms with van der Waals surface area (Å²) in [5.41, 5.74) is 2.65. The van der Waals surface area contributed by atoms with Gasteiger partial charge in [-0.25, -0.2) is 0 Å². The van der Waals surface area contributed by atoms with Gasteiger partial charge in [0.15, 0.2) is 17.3 Å². The molecule has 1 aliphatic carbocycles. The first kappa shape index (κ1) is 32.1. The zero-order valence-electron chi connectivity index (χ0n) is 27.1. The molecule has 16 heteroatoms. The molecule has 0 unspecified atom stereocenters. The fraction of sp³-hybridized carbons (Fsp3) is 0.448. The van der Waals surface area contributed by atoms with Crippen molar-refractivity contribution >= 4 is 58.5 Å². The van der Waals surface area contributed by atoms with E-state index in [0.29, 0.717) is 53.2 Å². The van der Waals surface area contributed by atoms with Gasteiger partial charge in [-0.1, -0.05) is 6.07 Å². The first-order valence-electron chi connectivity index (χ1n) is 15.4. The highest BCUT2D eigenvalue weighted by atomic mass is 16.5. The Balaban J connectivity index is 1.44. The highest BCUT2D eigenvalue weighted by Gasteiger charge is 2.31. The van der Waals surface area contributed by atoms with Crippen molar-refractivity contribution in [1.82, 2.24) is 35.1 Å². The summed E-state index contributed by atoms with van der Waals surface area (Å²) in [6, 6.07) is 9.31. The number of amides is 3. The van der Waals surface area contributed by atoms with Crippen molar-refractivity contribution in [3.63, 3.8) is 0 Å². The number of piperazine rings is 1. The van der Waals surface area contributed by atoms with Gasteiger partial charge in [-0.05, 0) is 50.1 Å². The minimum atomic E-state index is -0.511. The van der Waals surface area contributed by atoms with Crippen molar-refractivity contribution in [3.8, 4) is 17.0 Å². The average Bonchev–Trinajstić information content (AvgIpc) is 3.77. The third-order valence-corrected chi connectivity index (χ3v) is 7.89. The number of aromatic nitrogens is 4. The Morgan fingerprint density at radius 3 is 2.36 bits per heavy atom. The van der Waals surface area contributed by atoms with E-state index in [0.717, 1.165) is 25.9 Å². The van der Waals surface area contributed by atoms with Crippen LogP contribution in [-0.2, 0) is 11.8 Å². The molecular formula is C29H40B3N9O4. The number of hydrogen-bond acceptors (Lipinski definition) is 9. The van der Waals surface area contributed by atoms with Crippen molar-refractivity contribution < 1.29 is 19.1 Å². The van der Waals surface area contributed by atoms with Gasteiger partial charge in [0.05, 0.1) is 24.2 Å². The largest absolute Gasteiger partial charge is 0.494 e. The Morgan fingerprint density at radius 2 is 1.73 bits per heavy atom. The zero-order chi connectivity index (χ0) is 32.5. The molecule has 45 heavy (non-hydrogen) atoms. The van der Waals surface area contributed by atoms with E-state index >= 15 is 0 Å². The summed E-state index contributed by atoms with van der Waals surface area (Å²) in [4.78, 5) is 43.4. The fourth-order valence-electron chi connectivity index (χ4n) is 5.29. The third-order valence-electron chi connectivity index (χ3n) is 7.89. The number of nitrogens with zero attached hydrogens (tertiary/aromatic N) is 6. The molecule has 1 saturated heterocycles. The molecule has 0 atom stereocenters. The van der Waals surface area contributed by atoms with E-state index in [9.17, 15) is 14.4 Å². The smallest absolute Gasteiger partial charge is 0.272 e. The molecule has 2 aliphatic rings. The molecule has 3 amide bonds. The monoisotopic (exact) mass is 611 g/mol. The number of benzene rings is 1. The highest BCUT2D eigenvalue weighted by molar-refractivity contribution is 6.60. The van der Waals surface area contributed by atoms with Crippen LogP contribution in [0.5, 0.6) is 5.75 Å². The number of carbonyl (C=O) groups excluding carboxylic acids is 3. The topological polar surface area (TPSA) is 147 Å². The Hall–Kier alpha value is -4.33. The van der Waals surface area contributed by atoms with Gasteiger partial charge in [0.2, 0.25) is 5.91 Å². The van der Waals surface area contributed by atoms with Crippen LogP contribution in [0.1, 0.15) is 47.7 Å². The standard InChI is InChI=1S/C29H40B3N9O4/c1-16(2)40-10-12-41(13-11-40)28(44)22-14-20(38-39(22)3)18-6-5-7-19(25(18)45-4)33-21-15-23(34-26(42)17-8-9-17)36-37-24(21)27(43)35-29(30,31)32/h5-7,14-17H,8-13,30-32H2,1-4H3,(H,35,43)(H2,33,34,36,42). The highest BCUT2D eigenvalue weighted by Crippen LogP contribution is 2.38. The molecule has 2 fully saturated rings. The summed E-state index contributed by atoms with van der Waals surface area (Å²) in [5.74, 6) is 0.0650. The summed E-state index contributed by atoms with van der Waals surface area (Å²) in [6.45, 7) is 7.32. The lowest BCUT2D eigenvalue weighted by Crippen LogP contribution is -2.51. The van der Waals surface area contributed by atoms with Crippen LogP contribution in [0, 0.1) is 5.92 Å². The van der Waals surface area contributed by atoms with Gasteiger partial charge >= 0.3 is 0 Å². The van der Waals surface area contributed by atoms with Gasteiger partial charge in [-0.15, -0.1) is 10.2 Å². The van der Waals surface area contributed by atoms with Crippen molar-refractivity contribution in [1.29, 1.82) is 0 Å². The van der Waals surface area contributed by atoms with E-state index in [-0.39, 0.29) is 29.2 Å². The van der Waals surface area contributed by atoms with Crippen LogP contribution < -0.4 is 20.7 Å². The van der Waals surface area contributed by atoms with Gasteiger partial charge in [0, 0.05) is 56.8 Å². The van der Waals surface area contributed by atoms with E-state index in [1.54, 1.807) is 37.0 Å². The molecule has 0 radical (unpaired) electrons. The Morgan fingerprint density at radius 1 is 1.02 bits per heavy atom. The molecule has 5 rings (SSSR count). The summed E-state index contributed by atoms with van der Waals surface area (Å²) < 4.78 is 7.46. The number of nitrogens with one attached hydrogen (secondary N) is 3. The maximum absolute atomic E-state index is 13.5. The third kappa shape index (κ3) is 7.50. The van der Waals surface area contributed by atoms with E-state index in [4.69, 9.17) is 4.74 Å². The first-order chi connectivity index (χ1) is 21.3. The normalized spacial score (nSPS) is 15.5. The number of methoxy groups -OCH3 is 1. The average molecular weight is 611 g/mol. The van der Waals surface area contributed by atoms with Crippen LogP contribution in [0.25, 0.3) is 11.3 Å². The van der Waals surface area contributed by atoms with Crippen LogP contribution in [0.2, 0.25) is 0 Å². The van der Waals surface area contributed by atoms with Crippen LogP contribution in [-0.4, -0.2) is 116 Å². The zero-order valence-corrected chi connectivity index (χ0v) is 27.1. The second kappa shape index (κ2) is 13.0. The fourth-order valence-corrected chi connectivity index (χ4v) is 5.29. The predicted octanol–water partition coefficient (Wildman–Crippen LogP) is -0.616. The van der Waals surface area contributed by atoms with Crippen molar-refractivity contribution in [2.45, 2.75) is 38.0 Å². The lowest BCUT2D eigenvalue weighted by atomic mass is 9.49. The number of anilines is 3. The molecule has 1 aromatic carbocycles. The second-order valence-electron chi connectivity index (χ2n) is 12.9. The van der Waals surface area contributed by atoms with Crippen molar-refractivity contribution in [2.75, 3.05) is 43.9 Å². The van der Waals surface area contributed by atoms with Gasteiger partial charge in [-0.2, -0.15) is 5.10 Å². The van der Waals surface area contributed by atoms with Crippen molar-refractivity contribution in [2.24, 2.45) is 13.0 Å². The first-order valence-corrected chi connectivity index (χ1v) is 15.4. The second-order valence-corrected chi connectivity index (χ2v) is 12.9. The molecule has 2 aromatic heterocycles. The molecule has 3 N–H and O–H groups in total. The molecule has 0 bridgehead atoms. The van der Waals surface area contributed by atoms with Crippen molar-refractivity contribution in [3.05, 3.63) is 41.7 Å². The number of rotatable bonds is 10. The minimum absolute atomic E-state index is 0.0244. The molecule has 234 valence electrons. The Labute approximate surface area is 266 Å². The van der Waals surface area contributed by atoms with E-state index in [1.165, 1.54) is 0 Å². The number of ether oxygens (including phenoxy) is 1. The van der Waals surface area contributed by atoms with Crippen LogP contribution in [0.4, 0.5) is 17.2 Å². The number of hydrogen-bond donors (Lipinski definition) is 3. The lowest BCUT2D eigenvalue weighted by molar-refractivity contribution is -0.117. The maximum atomic E-state index is 13.5. The molecule has 1 saturated carbocycles. The minimum Gasteiger partial charge on any atom is -0.494 e. The summed E-state index contributed by atoms with van der Waals surface area (Å²) in [6.07, 6.45) is 1.69.